The van der Waals surface area contributed by atoms with Crippen LogP contribution in [0.3, 0.4) is 0 Å². The number of para-hydroxylation sites is 1. The fourth-order valence-electron chi connectivity index (χ4n) is 3.13. The lowest BCUT2D eigenvalue weighted by Crippen LogP contribution is -2.46. The molecule has 1 aliphatic heterocycles. The summed E-state index contributed by atoms with van der Waals surface area (Å²) in [7, 11) is 1.58. The Hall–Kier alpha value is -3.12. The summed E-state index contributed by atoms with van der Waals surface area (Å²) >= 11 is 0. The maximum absolute atomic E-state index is 13.0. The third kappa shape index (κ3) is 5.23. The lowest BCUT2D eigenvalue weighted by molar-refractivity contribution is -0.156. The highest BCUT2D eigenvalue weighted by Crippen LogP contribution is 2.26. The molecule has 0 saturated carbocycles. The zero-order chi connectivity index (χ0) is 20.6. The van der Waals surface area contributed by atoms with E-state index in [1.807, 2.05) is 54.6 Å². The van der Waals surface area contributed by atoms with Gasteiger partial charge in [-0.1, -0.05) is 48.5 Å². The van der Waals surface area contributed by atoms with Crippen molar-refractivity contribution in [2.75, 3.05) is 33.4 Å². The van der Waals surface area contributed by atoms with Crippen molar-refractivity contribution in [2.45, 2.75) is 13.0 Å². The maximum Gasteiger partial charge on any atom is 0.339 e. The number of methoxy groups -OCH3 is 1. The number of hydrogen-bond acceptors (Lipinski definition) is 5. The Morgan fingerprint density at radius 3 is 2.38 bits per heavy atom. The van der Waals surface area contributed by atoms with Crippen molar-refractivity contribution in [1.82, 2.24) is 4.90 Å². The van der Waals surface area contributed by atoms with Gasteiger partial charge in [0.1, 0.15) is 5.75 Å². The summed E-state index contributed by atoms with van der Waals surface area (Å²) in [6.45, 7) is 3.60. The molecule has 0 spiro atoms. The van der Waals surface area contributed by atoms with Crippen LogP contribution in [0.4, 0.5) is 0 Å². The molecule has 0 bridgehead atoms. The summed E-state index contributed by atoms with van der Waals surface area (Å²) in [5.74, 6) is -0.131. The topological polar surface area (TPSA) is 65.1 Å². The highest BCUT2D eigenvalue weighted by molar-refractivity contribution is 6.22. The van der Waals surface area contributed by atoms with Gasteiger partial charge in [-0.25, -0.2) is 4.79 Å². The first-order chi connectivity index (χ1) is 14.1. The van der Waals surface area contributed by atoms with Gasteiger partial charge in [0.2, 0.25) is 0 Å². The third-order valence-corrected chi connectivity index (χ3v) is 4.70. The summed E-state index contributed by atoms with van der Waals surface area (Å²) in [5.41, 5.74) is 1.81. The molecular formula is C23H25NO5. The van der Waals surface area contributed by atoms with Crippen molar-refractivity contribution in [3.05, 3.63) is 65.7 Å². The maximum atomic E-state index is 13.0. The summed E-state index contributed by atoms with van der Waals surface area (Å²) in [5, 5.41) is 0. The largest absolute Gasteiger partial charge is 0.496 e. The predicted octanol–water partition coefficient (Wildman–Crippen LogP) is 3.03. The van der Waals surface area contributed by atoms with Gasteiger partial charge < -0.3 is 19.1 Å². The van der Waals surface area contributed by atoms with Crippen LogP contribution in [0.15, 0.2) is 54.6 Å². The second-order valence-electron chi connectivity index (χ2n) is 6.65. The quantitative estimate of drug-likeness (QED) is 0.427. The minimum Gasteiger partial charge on any atom is -0.496 e. The molecular weight excluding hydrogens is 370 g/mol. The fourth-order valence-corrected chi connectivity index (χ4v) is 3.13. The Bertz CT molecular complexity index is 872. The van der Waals surface area contributed by atoms with E-state index in [1.165, 1.54) is 0 Å². The highest BCUT2D eigenvalue weighted by atomic mass is 16.5. The van der Waals surface area contributed by atoms with Crippen molar-refractivity contribution in [1.29, 1.82) is 0 Å². The standard InChI is InChI=1S/C23H25NO5/c1-17(22(25)24-12-14-28-15-13-24)29-23(26)20(18-8-4-3-5-9-18)16-19-10-6-7-11-21(19)27-2/h3-11,16-17H,12-15H2,1-2H3/b20-16+. The summed E-state index contributed by atoms with van der Waals surface area (Å²) < 4.78 is 16.2. The number of nitrogens with zero attached hydrogens (tertiary/aromatic N) is 1. The van der Waals surface area contributed by atoms with Crippen LogP contribution in [0.2, 0.25) is 0 Å². The highest BCUT2D eigenvalue weighted by Gasteiger charge is 2.27. The number of esters is 1. The second-order valence-corrected chi connectivity index (χ2v) is 6.65. The van der Waals surface area contributed by atoms with Gasteiger partial charge in [-0.2, -0.15) is 0 Å². The number of rotatable bonds is 6. The van der Waals surface area contributed by atoms with E-state index >= 15 is 0 Å². The van der Waals surface area contributed by atoms with Crippen molar-refractivity contribution >= 4 is 23.5 Å². The number of amides is 1. The number of carbonyl (C=O) groups excluding carboxylic acids is 2. The van der Waals surface area contributed by atoms with Crippen LogP contribution in [-0.2, 0) is 19.1 Å². The molecule has 1 atom stereocenters. The van der Waals surface area contributed by atoms with Gasteiger partial charge in [0.25, 0.3) is 5.91 Å². The van der Waals surface area contributed by atoms with Gasteiger partial charge in [-0.3, -0.25) is 4.79 Å². The van der Waals surface area contributed by atoms with E-state index in [4.69, 9.17) is 14.2 Å². The molecule has 1 unspecified atom stereocenters. The monoisotopic (exact) mass is 395 g/mol. The number of hydrogen-bond donors (Lipinski definition) is 0. The summed E-state index contributed by atoms with van der Waals surface area (Å²) in [6, 6.07) is 16.6. The van der Waals surface area contributed by atoms with Gasteiger partial charge in [0, 0.05) is 18.7 Å². The third-order valence-electron chi connectivity index (χ3n) is 4.70. The first kappa shape index (κ1) is 20.6. The van der Waals surface area contributed by atoms with Crippen molar-refractivity contribution in [3.8, 4) is 5.75 Å². The molecule has 1 fully saturated rings. The molecule has 1 heterocycles. The molecule has 152 valence electrons. The van der Waals surface area contributed by atoms with E-state index in [9.17, 15) is 9.59 Å². The van der Waals surface area contributed by atoms with Crippen molar-refractivity contribution in [2.24, 2.45) is 0 Å². The smallest absolute Gasteiger partial charge is 0.339 e. The fraction of sp³-hybridized carbons (Fsp3) is 0.304. The van der Waals surface area contributed by atoms with Crippen LogP contribution >= 0.6 is 0 Å². The molecule has 29 heavy (non-hydrogen) atoms. The SMILES string of the molecule is COc1ccccc1/C=C(/C(=O)OC(C)C(=O)N1CCOCC1)c1ccccc1. The van der Waals surface area contributed by atoms with Crippen molar-refractivity contribution < 1.29 is 23.8 Å². The van der Waals surface area contributed by atoms with Gasteiger partial charge >= 0.3 is 5.97 Å². The Labute approximate surface area is 170 Å². The normalized spacial score (nSPS) is 15.5. The second kappa shape index (κ2) is 9.89. The molecule has 6 nitrogen and oxygen atoms in total. The zero-order valence-electron chi connectivity index (χ0n) is 16.7. The van der Waals surface area contributed by atoms with Crippen LogP contribution < -0.4 is 4.74 Å². The molecule has 1 amide bonds. The van der Waals surface area contributed by atoms with E-state index in [-0.39, 0.29) is 5.91 Å². The molecule has 0 N–H and O–H groups in total. The molecule has 0 radical (unpaired) electrons. The van der Waals surface area contributed by atoms with Gasteiger partial charge in [0.15, 0.2) is 6.10 Å². The van der Waals surface area contributed by atoms with Gasteiger partial charge in [0.05, 0.1) is 25.9 Å². The average Bonchev–Trinajstić information content (AvgIpc) is 2.78. The van der Waals surface area contributed by atoms with Crippen LogP contribution in [0.5, 0.6) is 5.75 Å². The molecule has 0 aliphatic carbocycles. The molecule has 6 heteroatoms. The Balaban J connectivity index is 1.85. The number of ether oxygens (including phenoxy) is 3. The van der Waals surface area contributed by atoms with E-state index in [0.717, 1.165) is 5.56 Å². The molecule has 3 rings (SSSR count). The number of benzene rings is 2. The Kier molecular flexibility index (Phi) is 7.03. The number of morpholine rings is 1. The van der Waals surface area contributed by atoms with Gasteiger partial charge in [-0.05, 0) is 24.6 Å². The average molecular weight is 395 g/mol. The van der Waals surface area contributed by atoms with Gasteiger partial charge in [-0.15, -0.1) is 0 Å². The molecule has 2 aromatic carbocycles. The Morgan fingerprint density at radius 1 is 1.03 bits per heavy atom. The first-order valence-electron chi connectivity index (χ1n) is 9.58. The molecule has 1 saturated heterocycles. The van der Waals surface area contributed by atoms with Crippen molar-refractivity contribution in [3.63, 3.8) is 0 Å². The lowest BCUT2D eigenvalue weighted by atomic mass is 10.0. The predicted molar refractivity (Wildman–Crippen MR) is 110 cm³/mol. The molecule has 1 aliphatic rings. The van der Waals surface area contributed by atoms with E-state index in [1.54, 1.807) is 25.0 Å². The van der Waals surface area contributed by atoms with E-state index in [2.05, 4.69) is 0 Å². The summed E-state index contributed by atoms with van der Waals surface area (Å²) in [4.78, 5) is 27.3. The van der Waals surface area contributed by atoms with Crippen LogP contribution in [0, 0.1) is 0 Å². The molecule has 2 aromatic rings. The molecule has 0 aromatic heterocycles. The lowest BCUT2D eigenvalue weighted by Gasteiger charge is -2.29. The van der Waals surface area contributed by atoms with E-state index < -0.39 is 12.1 Å². The zero-order valence-corrected chi connectivity index (χ0v) is 16.7. The Morgan fingerprint density at radius 2 is 1.69 bits per heavy atom. The van der Waals surface area contributed by atoms with Crippen LogP contribution in [-0.4, -0.2) is 56.3 Å². The first-order valence-corrected chi connectivity index (χ1v) is 9.58. The number of carbonyl (C=O) groups is 2. The van der Waals surface area contributed by atoms with Crippen LogP contribution in [0.25, 0.3) is 11.6 Å². The van der Waals surface area contributed by atoms with E-state index in [0.29, 0.717) is 43.2 Å². The summed E-state index contributed by atoms with van der Waals surface area (Å²) in [6.07, 6.45) is 0.841. The van der Waals surface area contributed by atoms with Crippen LogP contribution in [0.1, 0.15) is 18.1 Å². The minimum atomic E-state index is -0.884. The minimum absolute atomic E-state index is 0.216.